The first-order valence-corrected chi connectivity index (χ1v) is 9.93. The second-order valence-electron chi connectivity index (χ2n) is 6.26. The summed E-state index contributed by atoms with van der Waals surface area (Å²) in [5.41, 5.74) is 0.422. The first-order valence-electron chi connectivity index (χ1n) is 8.83. The fourth-order valence-corrected chi connectivity index (χ4v) is 3.90. The molecule has 2 aliphatic heterocycles. The van der Waals surface area contributed by atoms with Crippen molar-refractivity contribution in [1.82, 2.24) is 10.2 Å². The molecule has 0 aromatic heterocycles. The molecule has 3 atom stereocenters. The number of hydrogen-bond acceptors (Lipinski definition) is 7. The van der Waals surface area contributed by atoms with Gasteiger partial charge in [-0.1, -0.05) is 0 Å². The maximum absolute atomic E-state index is 13.2. The van der Waals surface area contributed by atoms with Crippen LogP contribution in [0.4, 0.5) is 4.39 Å². The number of rotatable bonds is 8. The SMILES string of the molecule is CNC(=O)/C(C=O)=C\N(C=O)C1CCC(COP2OCc3cc(F)ccc3O2)O1. The van der Waals surface area contributed by atoms with Gasteiger partial charge in [0, 0.05) is 18.8 Å². The van der Waals surface area contributed by atoms with Crippen molar-refractivity contribution in [2.24, 2.45) is 0 Å². The summed E-state index contributed by atoms with van der Waals surface area (Å²) >= 11 is 0. The smallest absolute Gasteiger partial charge is 0.397 e. The maximum Gasteiger partial charge on any atom is 0.397 e. The molecule has 1 aromatic carbocycles. The molecule has 1 fully saturated rings. The summed E-state index contributed by atoms with van der Waals surface area (Å²) in [5.74, 6) is -0.447. The molecule has 1 saturated heterocycles. The third-order valence-electron chi connectivity index (χ3n) is 4.33. The number of nitrogens with zero attached hydrogens (tertiary/aromatic N) is 1. The van der Waals surface area contributed by atoms with E-state index in [1.165, 1.54) is 25.2 Å². The average molecular weight is 426 g/mol. The zero-order valence-corrected chi connectivity index (χ0v) is 16.5. The van der Waals surface area contributed by atoms with Gasteiger partial charge in [0.25, 0.3) is 5.91 Å². The van der Waals surface area contributed by atoms with Crippen LogP contribution in [0.2, 0.25) is 0 Å². The van der Waals surface area contributed by atoms with Gasteiger partial charge in [-0.2, -0.15) is 0 Å². The van der Waals surface area contributed by atoms with E-state index in [9.17, 15) is 18.8 Å². The number of ether oxygens (including phenoxy) is 1. The monoisotopic (exact) mass is 426 g/mol. The molecule has 2 heterocycles. The Morgan fingerprint density at radius 3 is 2.97 bits per heavy atom. The highest BCUT2D eigenvalue weighted by Gasteiger charge is 2.32. The maximum atomic E-state index is 13.2. The molecule has 11 heteroatoms. The number of likely N-dealkylation sites (N-methyl/N-ethyl adjacent to an activating group) is 1. The van der Waals surface area contributed by atoms with Gasteiger partial charge in [-0.05, 0) is 31.0 Å². The molecule has 3 rings (SSSR count). The molecule has 0 aliphatic carbocycles. The van der Waals surface area contributed by atoms with Gasteiger partial charge in [0.2, 0.25) is 6.41 Å². The second kappa shape index (κ2) is 9.89. The van der Waals surface area contributed by atoms with E-state index in [1.807, 2.05) is 0 Å². The lowest BCUT2D eigenvalue weighted by molar-refractivity contribution is -0.127. The summed E-state index contributed by atoms with van der Waals surface area (Å²) in [6.45, 7) is 0.357. The molecule has 156 valence electrons. The Morgan fingerprint density at radius 2 is 2.24 bits per heavy atom. The third kappa shape index (κ3) is 5.36. The number of amides is 2. The number of hydrogen-bond donors (Lipinski definition) is 1. The number of carbonyl (C=O) groups excluding carboxylic acids is 3. The van der Waals surface area contributed by atoms with E-state index in [1.54, 1.807) is 0 Å². The van der Waals surface area contributed by atoms with Crippen LogP contribution in [0.3, 0.4) is 0 Å². The molecular formula is C18H20FN2O7P. The fraction of sp³-hybridized carbons (Fsp3) is 0.389. The van der Waals surface area contributed by atoms with E-state index in [-0.39, 0.29) is 30.7 Å². The Balaban J connectivity index is 1.51. The van der Waals surface area contributed by atoms with E-state index >= 15 is 0 Å². The molecule has 1 N–H and O–H groups in total. The molecule has 1 aromatic rings. The van der Waals surface area contributed by atoms with Crippen molar-refractivity contribution >= 4 is 27.2 Å². The van der Waals surface area contributed by atoms with E-state index < -0.39 is 20.7 Å². The Hall–Kier alpha value is -2.39. The van der Waals surface area contributed by atoms with Crippen molar-refractivity contribution in [3.8, 4) is 5.75 Å². The fourth-order valence-electron chi connectivity index (χ4n) is 2.84. The van der Waals surface area contributed by atoms with Crippen LogP contribution in [0, 0.1) is 5.82 Å². The molecule has 0 spiro atoms. The van der Waals surface area contributed by atoms with E-state index in [4.69, 9.17) is 18.3 Å². The van der Waals surface area contributed by atoms with Gasteiger partial charge < -0.3 is 14.6 Å². The van der Waals surface area contributed by atoms with Crippen LogP contribution in [-0.4, -0.2) is 49.5 Å². The van der Waals surface area contributed by atoms with Crippen molar-refractivity contribution in [1.29, 1.82) is 0 Å². The van der Waals surface area contributed by atoms with Gasteiger partial charge in [0.15, 0.2) is 6.29 Å². The van der Waals surface area contributed by atoms with Gasteiger partial charge in [-0.25, -0.2) is 4.39 Å². The minimum Gasteiger partial charge on any atom is -0.426 e. The van der Waals surface area contributed by atoms with Crippen molar-refractivity contribution in [3.05, 3.63) is 41.4 Å². The number of benzene rings is 1. The highest BCUT2D eigenvalue weighted by Crippen LogP contribution is 2.47. The quantitative estimate of drug-likeness (QED) is 0.222. The van der Waals surface area contributed by atoms with Crippen molar-refractivity contribution in [3.63, 3.8) is 0 Å². The van der Waals surface area contributed by atoms with Crippen LogP contribution < -0.4 is 9.84 Å². The van der Waals surface area contributed by atoms with Crippen LogP contribution in [0.15, 0.2) is 30.0 Å². The molecule has 3 unspecified atom stereocenters. The zero-order chi connectivity index (χ0) is 20.8. The first kappa shape index (κ1) is 21.3. The van der Waals surface area contributed by atoms with Gasteiger partial charge >= 0.3 is 8.60 Å². The number of fused-ring (bicyclic) bond motifs is 1. The summed E-state index contributed by atoms with van der Waals surface area (Å²) < 4.78 is 35.7. The summed E-state index contributed by atoms with van der Waals surface area (Å²) in [6.07, 6.45) is 2.18. The van der Waals surface area contributed by atoms with Crippen LogP contribution in [-0.2, 0) is 34.8 Å². The Bertz CT molecular complexity index is 806. The van der Waals surface area contributed by atoms with Gasteiger partial charge in [-0.3, -0.25) is 28.3 Å². The van der Waals surface area contributed by atoms with Crippen LogP contribution >= 0.6 is 8.60 Å². The van der Waals surface area contributed by atoms with Crippen molar-refractivity contribution in [2.75, 3.05) is 13.7 Å². The molecule has 0 saturated carbocycles. The van der Waals surface area contributed by atoms with Crippen LogP contribution in [0.1, 0.15) is 18.4 Å². The van der Waals surface area contributed by atoms with Gasteiger partial charge in [0.1, 0.15) is 17.8 Å². The lowest BCUT2D eigenvalue weighted by Gasteiger charge is -2.25. The Labute approximate surface area is 167 Å². The Kier molecular flexibility index (Phi) is 7.27. The molecule has 29 heavy (non-hydrogen) atoms. The summed E-state index contributed by atoms with van der Waals surface area (Å²) in [6, 6.07) is 4.18. The summed E-state index contributed by atoms with van der Waals surface area (Å²) in [5, 5.41) is 2.32. The first-order chi connectivity index (χ1) is 14.0. The number of nitrogens with one attached hydrogen (secondary N) is 1. The second-order valence-corrected chi connectivity index (χ2v) is 7.41. The molecule has 9 nitrogen and oxygen atoms in total. The lowest BCUT2D eigenvalue weighted by atomic mass is 10.2. The molecule has 2 amide bonds. The zero-order valence-electron chi connectivity index (χ0n) is 15.6. The van der Waals surface area contributed by atoms with E-state index in [0.29, 0.717) is 36.9 Å². The normalized spacial score (nSPS) is 23.7. The van der Waals surface area contributed by atoms with E-state index in [0.717, 1.165) is 11.1 Å². The Morgan fingerprint density at radius 1 is 1.41 bits per heavy atom. The number of carbonyl (C=O) groups is 3. The minimum absolute atomic E-state index is 0.172. The topological polar surface area (TPSA) is 103 Å². The van der Waals surface area contributed by atoms with Crippen LogP contribution in [0.5, 0.6) is 5.75 Å². The van der Waals surface area contributed by atoms with Gasteiger partial charge in [0.05, 0.1) is 24.9 Å². The molecule has 2 aliphatic rings. The highest BCUT2D eigenvalue weighted by molar-refractivity contribution is 7.42. The largest absolute Gasteiger partial charge is 0.426 e. The highest BCUT2D eigenvalue weighted by atomic mass is 31.2. The van der Waals surface area contributed by atoms with E-state index in [2.05, 4.69) is 5.32 Å². The standard InChI is InChI=1S/C18H20FN2O7P/c1-20-18(24)13(8-22)7-21(11-23)17-5-3-15(27-17)10-26-29-25-9-12-6-14(19)2-4-16(12)28-29/h2,4,6-8,11,15,17H,3,5,9-10H2,1H3,(H,20,24)/b13-7-. The number of aldehydes is 1. The predicted molar refractivity (Wildman–Crippen MR) is 98.7 cm³/mol. The molecular weight excluding hydrogens is 406 g/mol. The third-order valence-corrected chi connectivity index (χ3v) is 5.38. The van der Waals surface area contributed by atoms with Crippen molar-refractivity contribution in [2.45, 2.75) is 31.8 Å². The number of halogens is 1. The van der Waals surface area contributed by atoms with Crippen molar-refractivity contribution < 1.29 is 37.1 Å². The molecule has 0 bridgehead atoms. The average Bonchev–Trinajstić information content (AvgIpc) is 3.21. The lowest BCUT2D eigenvalue weighted by Crippen LogP contribution is -2.32. The van der Waals surface area contributed by atoms with Crippen LogP contribution in [0.25, 0.3) is 0 Å². The molecule has 0 radical (unpaired) electrons. The summed E-state index contributed by atoms with van der Waals surface area (Å²) in [7, 11) is -0.256. The minimum atomic E-state index is -1.64. The predicted octanol–water partition coefficient (Wildman–Crippen LogP) is 1.77. The summed E-state index contributed by atoms with van der Waals surface area (Å²) in [4.78, 5) is 35.1. The van der Waals surface area contributed by atoms with Gasteiger partial charge in [-0.15, -0.1) is 0 Å².